The Morgan fingerprint density at radius 2 is 1.65 bits per heavy atom. The van der Waals surface area contributed by atoms with Gasteiger partial charge >= 0.3 is 5.97 Å². The van der Waals surface area contributed by atoms with E-state index in [1.807, 2.05) is 24.3 Å². The molecule has 0 bridgehead atoms. The number of benzene rings is 2. The third kappa shape index (κ3) is 2.27. The first-order valence-corrected chi connectivity index (χ1v) is 5.17. The molecule has 0 aliphatic rings. The van der Waals surface area contributed by atoms with Crippen LogP contribution in [0.3, 0.4) is 0 Å². The molecule has 2 unspecified atom stereocenters. The van der Waals surface area contributed by atoms with E-state index in [4.69, 9.17) is 5.11 Å². The van der Waals surface area contributed by atoms with Crippen LogP contribution >= 0.6 is 0 Å². The van der Waals surface area contributed by atoms with E-state index in [-0.39, 0.29) is 0 Å². The summed E-state index contributed by atoms with van der Waals surface area (Å²) < 4.78 is 0. The van der Waals surface area contributed by atoms with E-state index in [0.29, 0.717) is 5.56 Å². The minimum absolute atomic E-state index is 0.388. The van der Waals surface area contributed by atoms with Crippen LogP contribution in [0, 0.1) is 0 Å². The second kappa shape index (κ2) is 4.53. The van der Waals surface area contributed by atoms with Gasteiger partial charge in [0, 0.05) is 0 Å². The summed E-state index contributed by atoms with van der Waals surface area (Å²) in [7, 11) is 0. The number of carboxylic acids is 1. The fraction of sp³-hybridized carbons (Fsp3) is 0.154. The van der Waals surface area contributed by atoms with Gasteiger partial charge in [-0.3, -0.25) is 0 Å². The minimum atomic E-state index is -1.81. The van der Waals surface area contributed by atoms with Gasteiger partial charge in [-0.1, -0.05) is 36.4 Å². The molecule has 2 aromatic rings. The molecule has 3 N–H and O–H groups in total. The molecular formula is C13H12O4. The van der Waals surface area contributed by atoms with Crippen LogP contribution in [0.15, 0.2) is 42.5 Å². The summed E-state index contributed by atoms with van der Waals surface area (Å²) in [5.74, 6) is -1.44. The summed E-state index contributed by atoms with van der Waals surface area (Å²) in [6.07, 6.45) is -3.23. The molecule has 0 fully saturated rings. The number of aliphatic hydroxyl groups excluding tert-OH is 2. The lowest BCUT2D eigenvalue weighted by molar-refractivity contribution is -0.153. The molecule has 0 aliphatic heterocycles. The van der Waals surface area contributed by atoms with Crippen molar-refractivity contribution in [1.29, 1.82) is 0 Å². The van der Waals surface area contributed by atoms with Crippen molar-refractivity contribution in [2.24, 2.45) is 0 Å². The molecule has 0 saturated heterocycles. The van der Waals surface area contributed by atoms with Crippen molar-refractivity contribution in [3.05, 3.63) is 48.0 Å². The second-order valence-corrected chi connectivity index (χ2v) is 3.83. The molecule has 0 aliphatic carbocycles. The summed E-state index contributed by atoms with van der Waals surface area (Å²) in [4.78, 5) is 10.6. The lowest BCUT2D eigenvalue weighted by Gasteiger charge is -2.14. The average Bonchev–Trinajstić information content (AvgIpc) is 2.36. The van der Waals surface area contributed by atoms with Gasteiger partial charge in [-0.15, -0.1) is 0 Å². The predicted octanol–water partition coefficient (Wildman–Crippen LogP) is 1.32. The Morgan fingerprint density at radius 3 is 2.29 bits per heavy atom. The van der Waals surface area contributed by atoms with Crippen LogP contribution in [0.1, 0.15) is 11.7 Å². The molecule has 88 valence electrons. The highest BCUT2D eigenvalue weighted by atomic mass is 16.4. The van der Waals surface area contributed by atoms with Gasteiger partial charge in [0.15, 0.2) is 6.10 Å². The third-order valence-electron chi connectivity index (χ3n) is 2.67. The van der Waals surface area contributed by atoms with Crippen molar-refractivity contribution in [1.82, 2.24) is 0 Å². The number of hydrogen-bond acceptors (Lipinski definition) is 3. The van der Waals surface area contributed by atoms with Crippen LogP contribution in [0.4, 0.5) is 0 Å². The Morgan fingerprint density at radius 1 is 1.00 bits per heavy atom. The smallest absolute Gasteiger partial charge is 0.335 e. The molecule has 0 amide bonds. The Labute approximate surface area is 97.8 Å². The molecule has 4 nitrogen and oxygen atoms in total. The topological polar surface area (TPSA) is 77.8 Å². The van der Waals surface area contributed by atoms with Crippen LogP contribution in [-0.2, 0) is 4.79 Å². The molecule has 0 saturated carbocycles. The third-order valence-corrected chi connectivity index (χ3v) is 2.67. The molecule has 2 atom stereocenters. The largest absolute Gasteiger partial charge is 0.479 e. The van der Waals surface area contributed by atoms with Crippen molar-refractivity contribution in [3.63, 3.8) is 0 Å². The highest BCUT2D eigenvalue weighted by Gasteiger charge is 2.24. The molecule has 0 aromatic heterocycles. The molecule has 0 spiro atoms. The molecule has 2 rings (SSSR count). The molecule has 17 heavy (non-hydrogen) atoms. The molecule has 4 heteroatoms. The molecule has 0 radical (unpaired) electrons. The SMILES string of the molecule is O=C(O)C(O)C(O)c1ccc2ccccc2c1. The average molecular weight is 232 g/mol. The second-order valence-electron chi connectivity index (χ2n) is 3.83. The normalized spacial score (nSPS) is 14.5. The van der Waals surface area contributed by atoms with Crippen molar-refractivity contribution in [2.45, 2.75) is 12.2 Å². The monoisotopic (exact) mass is 232 g/mol. The molecular weight excluding hydrogens is 220 g/mol. The van der Waals surface area contributed by atoms with Crippen LogP contribution in [0.25, 0.3) is 10.8 Å². The Kier molecular flexibility index (Phi) is 3.08. The van der Waals surface area contributed by atoms with Crippen LogP contribution < -0.4 is 0 Å². The van der Waals surface area contributed by atoms with Gasteiger partial charge < -0.3 is 15.3 Å². The molecule has 2 aromatic carbocycles. The van der Waals surface area contributed by atoms with E-state index in [0.717, 1.165) is 10.8 Å². The summed E-state index contributed by atoms with van der Waals surface area (Å²) >= 11 is 0. The zero-order valence-electron chi connectivity index (χ0n) is 8.95. The van der Waals surface area contributed by atoms with E-state index in [9.17, 15) is 15.0 Å². The van der Waals surface area contributed by atoms with Gasteiger partial charge in [-0.2, -0.15) is 0 Å². The van der Waals surface area contributed by atoms with E-state index in [2.05, 4.69) is 0 Å². The maximum atomic E-state index is 10.6. The number of fused-ring (bicyclic) bond motifs is 1. The first kappa shape index (κ1) is 11.6. The minimum Gasteiger partial charge on any atom is -0.479 e. The molecule has 0 heterocycles. The number of aliphatic hydroxyl groups is 2. The van der Waals surface area contributed by atoms with E-state index >= 15 is 0 Å². The highest BCUT2D eigenvalue weighted by Crippen LogP contribution is 2.22. The standard InChI is InChI=1S/C13H12O4/c14-11(12(15)13(16)17)10-6-5-8-3-1-2-4-9(8)7-10/h1-7,11-12,14-15H,(H,16,17). The summed E-state index contributed by atoms with van der Waals surface area (Å²) in [6.45, 7) is 0. The van der Waals surface area contributed by atoms with Crippen molar-refractivity contribution in [3.8, 4) is 0 Å². The zero-order chi connectivity index (χ0) is 12.4. The Balaban J connectivity index is 2.39. The summed E-state index contributed by atoms with van der Waals surface area (Å²) in [6, 6.07) is 12.6. The highest BCUT2D eigenvalue weighted by molar-refractivity contribution is 5.83. The van der Waals surface area contributed by atoms with Crippen molar-refractivity contribution in [2.75, 3.05) is 0 Å². The van der Waals surface area contributed by atoms with Gasteiger partial charge in [0.2, 0.25) is 0 Å². The predicted molar refractivity (Wildman–Crippen MR) is 62.6 cm³/mol. The fourth-order valence-electron chi connectivity index (χ4n) is 1.71. The number of carboxylic acid groups (broad SMARTS) is 1. The number of hydrogen-bond donors (Lipinski definition) is 3. The van der Waals surface area contributed by atoms with Gasteiger partial charge in [0.1, 0.15) is 6.10 Å². The number of rotatable bonds is 3. The number of aliphatic carboxylic acids is 1. The van der Waals surface area contributed by atoms with Gasteiger partial charge in [-0.05, 0) is 22.4 Å². The maximum Gasteiger partial charge on any atom is 0.335 e. The summed E-state index contributed by atoms with van der Waals surface area (Å²) in [5, 5.41) is 29.5. The zero-order valence-corrected chi connectivity index (χ0v) is 8.95. The van der Waals surface area contributed by atoms with Crippen LogP contribution in [0.2, 0.25) is 0 Å². The van der Waals surface area contributed by atoms with E-state index in [1.54, 1.807) is 18.2 Å². The van der Waals surface area contributed by atoms with E-state index < -0.39 is 18.2 Å². The van der Waals surface area contributed by atoms with Gasteiger partial charge in [0.25, 0.3) is 0 Å². The van der Waals surface area contributed by atoms with Crippen molar-refractivity contribution < 1.29 is 20.1 Å². The maximum absolute atomic E-state index is 10.6. The lowest BCUT2D eigenvalue weighted by Crippen LogP contribution is -2.27. The van der Waals surface area contributed by atoms with Crippen LogP contribution in [0.5, 0.6) is 0 Å². The summed E-state index contributed by atoms with van der Waals surface area (Å²) in [5.41, 5.74) is 0.388. The number of carbonyl (C=O) groups is 1. The quantitative estimate of drug-likeness (QED) is 0.745. The van der Waals surface area contributed by atoms with E-state index in [1.165, 1.54) is 0 Å². The van der Waals surface area contributed by atoms with Crippen molar-refractivity contribution >= 4 is 16.7 Å². The first-order chi connectivity index (χ1) is 8.09. The fourth-order valence-corrected chi connectivity index (χ4v) is 1.71. The van der Waals surface area contributed by atoms with Gasteiger partial charge in [0.05, 0.1) is 0 Å². The first-order valence-electron chi connectivity index (χ1n) is 5.17. The Hall–Kier alpha value is -1.91. The van der Waals surface area contributed by atoms with Crippen LogP contribution in [-0.4, -0.2) is 27.4 Å². The Bertz CT molecular complexity index is 550. The lowest BCUT2D eigenvalue weighted by atomic mass is 10.0. The van der Waals surface area contributed by atoms with Gasteiger partial charge in [-0.25, -0.2) is 4.79 Å².